The fraction of sp³-hybridized carbons (Fsp3) is 0.500. The van der Waals surface area contributed by atoms with Crippen LogP contribution in [0.2, 0.25) is 5.02 Å². The first-order valence-electron chi connectivity index (χ1n) is 6.26. The van der Waals surface area contributed by atoms with Gasteiger partial charge < -0.3 is 10.2 Å². The summed E-state index contributed by atoms with van der Waals surface area (Å²) in [6.07, 6.45) is 4.25. The molecule has 2 atom stereocenters. The first-order chi connectivity index (χ1) is 8.60. The molecule has 3 nitrogen and oxygen atoms in total. The van der Waals surface area contributed by atoms with Crippen LogP contribution in [0, 0.1) is 0 Å². The van der Waals surface area contributed by atoms with Crippen molar-refractivity contribution in [2.75, 3.05) is 6.54 Å². The predicted molar refractivity (Wildman–Crippen MR) is 73.3 cm³/mol. The van der Waals surface area contributed by atoms with Crippen molar-refractivity contribution >= 4 is 17.8 Å². The Bertz CT molecular complexity index is 418. The van der Waals surface area contributed by atoms with Crippen molar-refractivity contribution < 1.29 is 10.2 Å². The van der Waals surface area contributed by atoms with E-state index in [-0.39, 0.29) is 6.54 Å². The van der Waals surface area contributed by atoms with E-state index < -0.39 is 11.7 Å². The maximum Gasteiger partial charge on any atom is 0.110 e. The number of halogens is 1. The second-order valence-corrected chi connectivity index (χ2v) is 5.32. The summed E-state index contributed by atoms with van der Waals surface area (Å²) in [5, 5.41) is 20.8. The Morgan fingerprint density at radius 2 is 2.06 bits per heavy atom. The van der Waals surface area contributed by atoms with E-state index in [1.807, 2.05) is 12.1 Å². The molecule has 18 heavy (non-hydrogen) atoms. The molecule has 4 heteroatoms. The van der Waals surface area contributed by atoms with Crippen LogP contribution in [0.15, 0.2) is 29.3 Å². The second kappa shape index (κ2) is 5.83. The normalized spacial score (nSPS) is 28.7. The van der Waals surface area contributed by atoms with Crippen molar-refractivity contribution in [3.8, 4) is 0 Å². The van der Waals surface area contributed by atoms with Gasteiger partial charge in [0.05, 0.1) is 12.6 Å². The zero-order chi connectivity index (χ0) is 13.0. The van der Waals surface area contributed by atoms with E-state index in [9.17, 15) is 10.2 Å². The zero-order valence-electron chi connectivity index (χ0n) is 10.2. The molecular weight excluding hydrogens is 250 g/mol. The standard InChI is InChI=1S/C14H18ClNO2/c15-12-6-4-11(5-7-12)9-16-10-14(18)8-2-1-3-13(14)17/h4-7,9,13,17-18H,1-3,8,10H2/t13-,14-/m1/s1. The van der Waals surface area contributed by atoms with E-state index in [1.165, 1.54) is 0 Å². The molecule has 0 amide bonds. The Kier molecular flexibility index (Phi) is 4.38. The van der Waals surface area contributed by atoms with Gasteiger partial charge in [-0.15, -0.1) is 0 Å². The molecule has 0 bridgehead atoms. The SMILES string of the molecule is O[C@@H]1CCCC[C@@]1(O)CN=Cc1ccc(Cl)cc1. The summed E-state index contributed by atoms with van der Waals surface area (Å²) >= 11 is 5.79. The minimum Gasteiger partial charge on any atom is -0.390 e. The fourth-order valence-corrected chi connectivity index (χ4v) is 2.37. The molecule has 1 aliphatic rings. The van der Waals surface area contributed by atoms with Gasteiger partial charge in [-0.05, 0) is 30.5 Å². The fourth-order valence-electron chi connectivity index (χ4n) is 2.25. The highest BCUT2D eigenvalue weighted by Crippen LogP contribution is 2.28. The van der Waals surface area contributed by atoms with Crippen LogP contribution in [-0.4, -0.2) is 34.7 Å². The van der Waals surface area contributed by atoms with Crippen LogP contribution in [0.25, 0.3) is 0 Å². The molecule has 1 aromatic rings. The number of hydrogen-bond acceptors (Lipinski definition) is 3. The van der Waals surface area contributed by atoms with Crippen LogP contribution in [0.3, 0.4) is 0 Å². The van der Waals surface area contributed by atoms with Crippen LogP contribution < -0.4 is 0 Å². The van der Waals surface area contributed by atoms with Gasteiger partial charge >= 0.3 is 0 Å². The highest BCUT2D eigenvalue weighted by atomic mass is 35.5. The third-order valence-electron chi connectivity index (χ3n) is 3.43. The molecule has 2 N–H and O–H groups in total. The Hall–Kier alpha value is -0.900. The molecule has 0 spiro atoms. The van der Waals surface area contributed by atoms with Gasteiger partial charge in [0.2, 0.25) is 0 Å². The van der Waals surface area contributed by atoms with Crippen molar-refractivity contribution in [3.63, 3.8) is 0 Å². The van der Waals surface area contributed by atoms with E-state index in [0.717, 1.165) is 18.4 Å². The molecule has 0 unspecified atom stereocenters. The molecular formula is C14H18ClNO2. The Morgan fingerprint density at radius 1 is 1.33 bits per heavy atom. The summed E-state index contributed by atoms with van der Waals surface area (Å²) in [5.74, 6) is 0. The number of hydrogen-bond donors (Lipinski definition) is 2. The monoisotopic (exact) mass is 267 g/mol. The lowest BCUT2D eigenvalue weighted by molar-refractivity contribution is -0.0921. The third kappa shape index (κ3) is 3.31. The summed E-state index contributed by atoms with van der Waals surface area (Å²) in [6, 6.07) is 7.33. The topological polar surface area (TPSA) is 52.8 Å². The molecule has 98 valence electrons. The summed E-state index contributed by atoms with van der Waals surface area (Å²) in [6.45, 7) is 0.247. The lowest BCUT2D eigenvalue weighted by Gasteiger charge is -2.35. The number of rotatable bonds is 3. The van der Waals surface area contributed by atoms with E-state index in [1.54, 1.807) is 18.3 Å². The van der Waals surface area contributed by atoms with E-state index in [2.05, 4.69) is 4.99 Å². The average molecular weight is 268 g/mol. The number of aliphatic hydroxyl groups is 2. The van der Waals surface area contributed by atoms with Gasteiger partial charge in [-0.1, -0.05) is 36.6 Å². The molecule has 1 saturated carbocycles. The summed E-state index contributed by atoms with van der Waals surface area (Å²) in [5.41, 5.74) is -0.116. The first kappa shape index (κ1) is 13.5. The molecule has 0 aromatic heterocycles. The second-order valence-electron chi connectivity index (χ2n) is 4.89. The van der Waals surface area contributed by atoms with E-state index in [4.69, 9.17) is 11.6 Å². The van der Waals surface area contributed by atoms with Gasteiger partial charge in [-0.2, -0.15) is 0 Å². The smallest absolute Gasteiger partial charge is 0.110 e. The van der Waals surface area contributed by atoms with Gasteiger partial charge in [0.1, 0.15) is 5.60 Å². The molecule has 0 heterocycles. The Balaban J connectivity index is 1.96. The van der Waals surface area contributed by atoms with Gasteiger partial charge in [-0.3, -0.25) is 4.99 Å². The molecule has 1 aliphatic carbocycles. The highest BCUT2D eigenvalue weighted by molar-refractivity contribution is 6.30. The van der Waals surface area contributed by atoms with E-state index >= 15 is 0 Å². The third-order valence-corrected chi connectivity index (χ3v) is 3.68. The van der Waals surface area contributed by atoms with Crippen molar-refractivity contribution in [3.05, 3.63) is 34.9 Å². The number of nitrogens with zero attached hydrogens (tertiary/aromatic N) is 1. The van der Waals surface area contributed by atoms with Crippen molar-refractivity contribution in [2.24, 2.45) is 4.99 Å². The largest absolute Gasteiger partial charge is 0.390 e. The van der Waals surface area contributed by atoms with Crippen LogP contribution >= 0.6 is 11.6 Å². The highest BCUT2D eigenvalue weighted by Gasteiger charge is 2.37. The van der Waals surface area contributed by atoms with Gasteiger partial charge in [0.25, 0.3) is 0 Å². The maximum absolute atomic E-state index is 10.3. The van der Waals surface area contributed by atoms with Crippen LogP contribution in [0.5, 0.6) is 0 Å². The van der Waals surface area contributed by atoms with Gasteiger partial charge in [-0.25, -0.2) is 0 Å². The van der Waals surface area contributed by atoms with Crippen LogP contribution in [0.4, 0.5) is 0 Å². The molecule has 0 aliphatic heterocycles. The average Bonchev–Trinajstić information content (AvgIpc) is 2.36. The summed E-state index contributed by atoms with van der Waals surface area (Å²) in [4.78, 5) is 4.24. The number of aliphatic hydroxyl groups excluding tert-OH is 1. The van der Waals surface area contributed by atoms with E-state index in [0.29, 0.717) is 17.9 Å². The number of benzene rings is 1. The molecule has 1 aromatic carbocycles. The van der Waals surface area contributed by atoms with Crippen molar-refractivity contribution in [2.45, 2.75) is 37.4 Å². The Morgan fingerprint density at radius 3 is 2.72 bits per heavy atom. The van der Waals surface area contributed by atoms with Gasteiger partial charge in [0, 0.05) is 11.2 Å². The van der Waals surface area contributed by atoms with Crippen LogP contribution in [-0.2, 0) is 0 Å². The lowest BCUT2D eigenvalue weighted by Crippen LogP contribution is -2.47. The first-order valence-corrected chi connectivity index (χ1v) is 6.64. The molecule has 0 saturated heterocycles. The van der Waals surface area contributed by atoms with Crippen molar-refractivity contribution in [1.29, 1.82) is 0 Å². The summed E-state index contributed by atoms with van der Waals surface area (Å²) in [7, 11) is 0. The molecule has 1 fully saturated rings. The maximum atomic E-state index is 10.3. The minimum atomic E-state index is -1.05. The zero-order valence-corrected chi connectivity index (χ0v) is 11.0. The molecule has 2 rings (SSSR count). The van der Waals surface area contributed by atoms with Crippen LogP contribution in [0.1, 0.15) is 31.2 Å². The predicted octanol–water partition coefficient (Wildman–Crippen LogP) is 2.42. The quantitative estimate of drug-likeness (QED) is 0.827. The number of aliphatic imine (C=N–C) groups is 1. The lowest BCUT2D eigenvalue weighted by atomic mass is 9.82. The molecule has 0 radical (unpaired) electrons. The van der Waals surface area contributed by atoms with Crippen molar-refractivity contribution in [1.82, 2.24) is 0 Å². The Labute approximate surface area is 112 Å². The summed E-state index contributed by atoms with van der Waals surface area (Å²) < 4.78 is 0. The van der Waals surface area contributed by atoms with Gasteiger partial charge in [0.15, 0.2) is 0 Å². The minimum absolute atomic E-state index is 0.247.